The molecule has 2 amide bonds. The van der Waals surface area contributed by atoms with Crippen LogP contribution in [0.5, 0.6) is 5.75 Å². The number of ether oxygens (including phenoxy) is 1. The first-order valence-corrected chi connectivity index (χ1v) is 8.98. The van der Waals surface area contributed by atoms with Gasteiger partial charge in [-0.25, -0.2) is 0 Å². The number of hydrogen-bond donors (Lipinski definition) is 1. The van der Waals surface area contributed by atoms with Crippen LogP contribution in [-0.4, -0.2) is 36.9 Å². The lowest BCUT2D eigenvalue weighted by Gasteiger charge is -2.19. The molecule has 0 fully saturated rings. The van der Waals surface area contributed by atoms with Gasteiger partial charge in [0.15, 0.2) is 6.61 Å². The van der Waals surface area contributed by atoms with Crippen molar-refractivity contribution in [1.82, 2.24) is 4.90 Å². The second-order valence-electron chi connectivity index (χ2n) is 7.18. The molecule has 0 radical (unpaired) electrons. The van der Waals surface area contributed by atoms with E-state index in [1.165, 1.54) is 4.90 Å². The second kappa shape index (κ2) is 8.71. The zero-order chi connectivity index (χ0) is 20.1. The second-order valence-corrected chi connectivity index (χ2v) is 7.18. The molecule has 0 bridgehead atoms. The van der Waals surface area contributed by atoms with Gasteiger partial charge in [-0.1, -0.05) is 23.8 Å². The Morgan fingerprint density at radius 2 is 1.41 bits per heavy atom. The number of nitrogens with zero attached hydrogens (tertiary/aromatic N) is 1. The third-order valence-electron chi connectivity index (χ3n) is 4.31. The van der Waals surface area contributed by atoms with E-state index in [9.17, 15) is 9.59 Å². The third-order valence-corrected chi connectivity index (χ3v) is 4.31. The van der Waals surface area contributed by atoms with E-state index in [0.717, 1.165) is 33.5 Å². The van der Waals surface area contributed by atoms with E-state index in [1.807, 2.05) is 65.0 Å². The average molecular weight is 368 g/mol. The molecule has 1 N–H and O–H groups in total. The highest BCUT2D eigenvalue weighted by molar-refractivity contribution is 5.95. The van der Waals surface area contributed by atoms with Crippen molar-refractivity contribution in [2.75, 3.05) is 25.5 Å². The van der Waals surface area contributed by atoms with Gasteiger partial charge in [-0.05, 0) is 69.0 Å². The molecule has 144 valence electrons. The van der Waals surface area contributed by atoms with Crippen LogP contribution in [0, 0.1) is 34.6 Å². The van der Waals surface area contributed by atoms with Crippen molar-refractivity contribution >= 4 is 17.5 Å². The number of carbonyl (C=O) groups excluding carboxylic acids is 2. The first kappa shape index (κ1) is 20.5. The Balaban J connectivity index is 1.91. The molecule has 27 heavy (non-hydrogen) atoms. The Labute approximate surface area is 161 Å². The van der Waals surface area contributed by atoms with Gasteiger partial charge in [-0.15, -0.1) is 0 Å². The number of likely N-dealkylation sites (N-methyl/N-ethyl adjacent to an activating group) is 1. The van der Waals surface area contributed by atoms with Crippen molar-refractivity contribution in [3.8, 4) is 5.75 Å². The van der Waals surface area contributed by atoms with Crippen LogP contribution in [0.2, 0.25) is 0 Å². The molecular formula is C22H28N2O3. The minimum Gasteiger partial charge on any atom is -0.484 e. The number of hydrogen-bond acceptors (Lipinski definition) is 3. The van der Waals surface area contributed by atoms with Crippen LogP contribution in [0.25, 0.3) is 0 Å². The first-order valence-electron chi connectivity index (χ1n) is 8.98. The topological polar surface area (TPSA) is 58.6 Å². The number of carbonyl (C=O) groups is 2. The van der Waals surface area contributed by atoms with Crippen molar-refractivity contribution in [3.05, 3.63) is 58.1 Å². The molecule has 0 aliphatic rings. The van der Waals surface area contributed by atoms with Crippen LogP contribution in [0.3, 0.4) is 0 Å². The predicted molar refractivity (Wildman–Crippen MR) is 108 cm³/mol. The summed E-state index contributed by atoms with van der Waals surface area (Å²) in [4.78, 5) is 26.0. The SMILES string of the molecule is Cc1cc(C)cc(OCC(=O)N(C)CC(=O)Nc2c(C)cc(C)cc2C)c1. The fraction of sp³-hybridized carbons (Fsp3) is 0.364. The fourth-order valence-electron chi connectivity index (χ4n) is 3.13. The van der Waals surface area contributed by atoms with E-state index in [1.54, 1.807) is 7.05 Å². The molecule has 5 heteroatoms. The van der Waals surface area contributed by atoms with E-state index in [4.69, 9.17) is 4.74 Å². The van der Waals surface area contributed by atoms with Gasteiger partial charge in [0.2, 0.25) is 5.91 Å². The minimum atomic E-state index is -0.248. The summed E-state index contributed by atoms with van der Waals surface area (Å²) < 4.78 is 5.58. The maximum Gasteiger partial charge on any atom is 0.260 e. The van der Waals surface area contributed by atoms with Crippen LogP contribution in [-0.2, 0) is 9.59 Å². The molecule has 0 aromatic heterocycles. The highest BCUT2D eigenvalue weighted by atomic mass is 16.5. The summed E-state index contributed by atoms with van der Waals surface area (Å²) in [5.41, 5.74) is 6.13. The van der Waals surface area contributed by atoms with Crippen molar-refractivity contribution in [3.63, 3.8) is 0 Å². The molecule has 0 heterocycles. The zero-order valence-electron chi connectivity index (χ0n) is 17.0. The van der Waals surface area contributed by atoms with Crippen LogP contribution < -0.4 is 10.1 Å². The summed E-state index contributed by atoms with van der Waals surface area (Å²) in [5, 5.41) is 2.91. The summed E-state index contributed by atoms with van der Waals surface area (Å²) in [5.74, 6) is 0.179. The highest BCUT2D eigenvalue weighted by Crippen LogP contribution is 2.22. The number of aryl methyl sites for hydroxylation is 5. The maximum atomic E-state index is 12.3. The molecule has 5 nitrogen and oxygen atoms in total. The quantitative estimate of drug-likeness (QED) is 0.846. The Hall–Kier alpha value is -2.82. The molecule has 0 saturated heterocycles. The van der Waals surface area contributed by atoms with E-state index in [-0.39, 0.29) is 25.0 Å². The van der Waals surface area contributed by atoms with Gasteiger partial charge in [-0.3, -0.25) is 9.59 Å². The van der Waals surface area contributed by atoms with Crippen LogP contribution >= 0.6 is 0 Å². The maximum absolute atomic E-state index is 12.3. The molecule has 2 aromatic rings. The zero-order valence-corrected chi connectivity index (χ0v) is 17.0. The molecule has 0 saturated carbocycles. The molecule has 0 aliphatic heterocycles. The number of benzene rings is 2. The summed E-state index contributed by atoms with van der Waals surface area (Å²) in [7, 11) is 1.60. The molecule has 2 rings (SSSR count). The normalized spacial score (nSPS) is 10.4. The minimum absolute atomic E-state index is 0.0260. The Morgan fingerprint density at radius 3 is 1.96 bits per heavy atom. The molecule has 0 spiro atoms. The van der Waals surface area contributed by atoms with Crippen LogP contribution in [0.15, 0.2) is 30.3 Å². The Morgan fingerprint density at radius 1 is 0.889 bits per heavy atom. The third kappa shape index (κ3) is 5.84. The largest absolute Gasteiger partial charge is 0.484 e. The Kier molecular flexibility index (Phi) is 6.61. The van der Waals surface area contributed by atoms with Crippen molar-refractivity contribution in [2.24, 2.45) is 0 Å². The number of anilines is 1. The van der Waals surface area contributed by atoms with Gasteiger partial charge in [-0.2, -0.15) is 0 Å². The number of amides is 2. The lowest BCUT2D eigenvalue weighted by atomic mass is 10.1. The van der Waals surface area contributed by atoms with E-state index >= 15 is 0 Å². The van der Waals surface area contributed by atoms with Gasteiger partial charge in [0.25, 0.3) is 5.91 Å². The summed E-state index contributed by atoms with van der Waals surface area (Å²) >= 11 is 0. The van der Waals surface area contributed by atoms with Gasteiger partial charge in [0.05, 0.1) is 6.54 Å². The highest BCUT2D eigenvalue weighted by Gasteiger charge is 2.15. The summed E-state index contributed by atoms with van der Waals surface area (Å²) in [6, 6.07) is 9.86. The molecular weight excluding hydrogens is 340 g/mol. The van der Waals surface area contributed by atoms with E-state index < -0.39 is 0 Å². The fourth-order valence-corrected chi connectivity index (χ4v) is 3.13. The number of rotatable bonds is 6. The van der Waals surface area contributed by atoms with Crippen LogP contribution in [0.1, 0.15) is 27.8 Å². The van der Waals surface area contributed by atoms with Crippen molar-refractivity contribution in [2.45, 2.75) is 34.6 Å². The van der Waals surface area contributed by atoms with Gasteiger partial charge in [0, 0.05) is 12.7 Å². The van der Waals surface area contributed by atoms with Gasteiger partial charge >= 0.3 is 0 Å². The average Bonchev–Trinajstić information content (AvgIpc) is 2.55. The van der Waals surface area contributed by atoms with Crippen LogP contribution in [0.4, 0.5) is 5.69 Å². The summed E-state index contributed by atoms with van der Waals surface area (Å²) in [6.45, 7) is 9.77. The lowest BCUT2D eigenvalue weighted by molar-refractivity contribution is -0.135. The molecule has 0 atom stereocenters. The monoisotopic (exact) mass is 368 g/mol. The summed E-state index contributed by atoms with van der Waals surface area (Å²) in [6.07, 6.45) is 0. The standard InChI is InChI=1S/C22H28N2O3/c1-14-7-15(2)11-19(10-14)27-13-21(26)24(6)12-20(25)23-22-17(4)8-16(3)9-18(22)5/h7-11H,12-13H2,1-6H3,(H,23,25). The number of nitrogens with one attached hydrogen (secondary N) is 1. The molecule has 0 unspecified atom stereocenters. The lowest BCUT2D eigenvalue weighted by Crippen LogP contribution is -2.37. The van der Waals surface area contributed by atoms with Crippen molar-refractivity contribution in [1.29, 1.82) is 0 Å². The first-order chi connectivity index (χ1) is 12.7. The van der Waals surface area contributed by atoms with Gasteiger partial charge in [0.1, 0.15) is 5.75 Å². The molecule has 2 aromatic carbocycles. The smallest absolute Gasteiger partial charge is 0.260 e. The van der Waals surface area contributed by atoms with Crippen molar-refractivity contribution < 1.29 is 14.3 Å². The van der Waals surface area contributed by atoms with E-state index in [0.29, 0.717) is 5.75 Å². The van der Waals surface area contributed by atoms with Gasteiger partial charge < -0.3 is 15.0 Å². The Bertz CT molecular complexity index is 815. The predicted octanol–water partition coefficient (Wildman–Crippen LogP) is 3.70. The molecule has 0 aliphatic carbocycles. The van der Waals surface area contributed by atoms with E-state index in [2.05, 4.69) is 5.32 Å².